The van der Waals surface area contributed by atoms with Crippen LogP contribution < -0.4 is 15.8 Å². The Kier molecular flexibility index (Phi) is 7.53. The minimum absolute atomic E-state index is 0.0463. The molecule has 42 heavy (non-hydrogen) atoms. The van der Waals surface area contributed by atoms with E-state index in [1.165, 1.54) is 0 Å². The second-order valence-electron chi connectivity index (χ2n) is 12.8. The highest BCUT2D eigenvalue weighted by Crippen LogP contribution is 2.41. The molecule has 0 aliphatic carbocycles. The van der Waals surface area contributed by atoms with Crippen LogP contribution in [0.2, 0.25) is 30.7 Å². The second kappa shape index (κ2) is 11.0. The van der Waals surface area contributed by atoms with Crippen LogP contribution in [0.1, 0.15) is 25.7 Å². The lowest BCUT2D eigenvalue weighted by molar-refractivity contribution is 0.0899. The average Bonchev–Trinajstić information content (AvgIpc) is 3.41. The van der Waals surface area contributed by atoms with E-state index < -0.39 is 14.2 Å². The van der Waals surface area contributed by atoms with E-state index in [1.54, 1.807) is 17.8 Å². The van der Waals surface area contributed by atoms with Crippen LogP contribution in [0.15, 0.2) is 41.6 Å². The van der Waals surface area contributed by atoms with Gasteiger partial charge < -0.3 is 29.2 Å². The summed E-state index contributed by atoms with van der Waals surface area (Å²) in [4.78, 5) is 36.4. The van der Waals surface area contributed by atoms with E-state index in [1.807, 2.05) is 35.2 Å². The number of ether oxygens (including phenoxy) is 1. The fraction of sp³-hybridized carbons (Fsp3) is 0.467. The first-order valence-electron chi connectivity index (χ1n) is 14.5. The predicted octanol–water partition coefficient (Wildman–Crippen LogP) is 5.68. The van der Waals surface area contributed by atoms with Crippen LogP contribution >= 0.6 is 11.6 Å². The Morgan fingerprint density at radius 1 is 1.14 bits per heavy atom. The van der Waals surface area contributed by atoms with Crippen LogP contribution in [0.25, 0.3) is 33.1 Å². The Morgan fingerprint density at radius 2 is 1.88 bits per heavy atom. The van der Waals surface area contributed by atoms with Crippen molar-refractivity contribution in [2.75, 3.05) is 11.5 Å². The lowest BCUT2D eigenvalue weighted by atomic mass is 9.97. The normalized spacial score (nSPS) is 20.5. The summed E-state index contributed by atoms with van der Waals surface area (Å²) in [6.07, 6.45) is 8.08. The molecule has 6 rings (SSSR count). The highest BCUT2D eigenvalue weighted by molar-refractivity contribution is 6.76. The van der Waals surface area contributed by atoms with Gasteiger partial charge in [-0.25, -0.2) is 14.8 Å². The van der Waals surface area contributed by atoms with Crippen molar-refractivity contribution in [1.82, 2.24) is 24.4 Å². The van der Waals surface area contributed by atoms with Crippen molar-refractivity contribution in [2.24, 2.45) is 7.05 Å². The van der Waals surface area contributed by atoms with Gasteiger partial charge in [-0.2, -0.15) is 0 Å². The maximum Gasteiger partial charge on any atom is 0.404 e. The molecule has 2 aliphatic rings. The number of fused-ring (bicyclic) bond motifs is 4. The van der Waals surface area contributed by atoms with Gasteiger partial charge in [0.05, 0.1) is 11.2 Å². The number of anilines is 1. The molecule has 1 amide bonds. The van der Waals surface area contributed by atoms with Crippen molar-refractivity contribution < 1.29 is 14.6 Å². The summed E-state index contributed by atoms with van der Waals surface area (Å²) >= 11 is 6.95. The quantitative estimate of drug-likeness (QED) is 0.195. The van der Waals surface area contributed by atoms with Crippen molar-refractivity contribution in [3.63, 3.8) is 0 Å². The Labute approximate surface area is 250 Å². The van der Waals surface area contributed by atoms with Gasteiger partial charge in [0.2, 0.25) is 0 Å². The first-order valence-corrected chi connectivity index (χ1v) is 18.6. The summed E-state index contributed by atoms with van der Waals surface area (Å²) in [5.41, 5.74) is 2.94. The van der Waals surface area contributed by atoms with Crippen molar-refractivity contribution in [3.8, 4) is 11.1 Å². The Morgan fingerprint density at radius 3 is 2.57 bits per heavy atom. The number of hydrogen-bond donors (Lipinski definition) is 2. The number of halogens is 1. The van der Waals surface area contributed by atoms with Crippen LogP contribution in [0.3, 0.4) is 0 Å². The number of hydrogen-bond acceptors (Lipinski definition) is 6. The zero-order valence-electron chi connectivity index (χ0n) is 24.4. The highest BCUT2D eigenvalue weighted by Gasteiger charge is 2.42. The minimum atomic E-state index is -1.25. The maximum absolute atomic E-state index is 12.7. The number of amides is 1. The van der Waals surface area contributed by atoms with E-state index in [-0.39, 0.29) is 23.7 Å². The number of aromatic nitrogens is 4. The number of rotatable bonds is 8. The van der Waals surface area contributed by atoms with Gasteiger partial charge in [-0.15, -0.1) is 0 Å². The summed E-state index contributed by atoms with van der Waals surface area (Å²) in [6.45, 7) is 8.00. The highest BCUT2D eigenvalue weighted by atomic mass is 35.5. The van der Waals surface area contributed by atoms with Gasteiger partial charge in [0.1, 0.15) is 18.1 Å². The molecule has 12 heteroatoms. The lowest BCUT2D eigenvalue weighted by Crippen LogP contribution is -2.50. The molecule has 2 bridgehead atoms. The number of nitrogens with one attached hydrogen (secondary N) is 1. The fourth-order valence-corrected chi connectivity index (χ4v) is 7.52. The lowest BCUT2D eigenvalue weighted by Gasteiger charge is -2.39. The monoisotopic (exact) mass is 608 g/mol. The van der Waals surface area contributed by atoms with Crippen LogP contribution in [-0.4, -0.2) is 63.1 Å². The molecule has 0 saturated carbocycles. The molecular weight excluding hydrogens is 572 g/mol. The Balaban J connectivity index is 1.39. The molecule has 2 aliphatic heterocycles. The largest absolute Gasteiger partial charge is 0.465 e. The van der Waals surface area contributed by atoms with Gasteiger partial charge in [-0.1, -0.05) is 37.3 Å². The van der Waals surface area contributed by atoms with Gasteiger partial charge in [0, 0.05) is 74.1 Å². The van der Waals surface area contributed by atoms with Crippen molar-refractivity contribution in [2.45, 2.75) is 76.2 Å². The third-order valence-electron chi connectivity index (χ3n) is 8.59. The summed E-state index contributed by atoms with van der Waals surface area (Å²) in [5, 5.41) is 13.7. The molecule has 2 unspecified atom stereocenters. The summed E-state index contributed by atoms with van der Waals surface area (Å²) in [7, 11) is 0.476. The summed E-state index contributed by atoms with van der Waals surface area (Å²) in [6, 6.07) is 7.00. The number of benzene rings is 1. The van der Waals surface area contributed by atoms with Crippen molar-refractivity contribution in [3.05, 3.63) is 52.2 Å². The van der Waals surface area contributed by atoms with Crippen LogP contribution in [-0.2, 0) is 18.5 Å². The maximum atomic E-state index is 12.7. The second-order valence-corrected chi connectivity index (χ2v) is 18.8. The number of carboxylic acid groups (broad SMARTS) is 1. The fourth-order valence-electron chi connectivity index (χ4n) is 6.44. The summed E-state index contributed by atoms with van der Waals surface area (Å²) in [5.74, 6) is 0.796. The third-order valence-corrected chi connectivity index (χ3v) is 10.7. The van der Waals surface area contributed by atoms with Crippen LogP contribution in [0.4, 0.5) is 10.6 Å². The molecule has 2 N–H and O–H groups in total. The topological polar surface area (TPSA) is 115 Å². The molecule has 1 aromatic carbocycles. The predicted molar refractivity (Wildman–Crippen MR) is 168 cm³/mol. The Hall–Kier alpha value is -3.41. The first kappa shape index (κ1) is 28.7. The van der Waals surface area contributed by atoms with Gasteiger partial charge in [0.15, 0.2) is 5.65 Å². The SMILES string of the molecule is Cn1ccc2c(Cl)c(-c3cn(COCC[Si](C)(C)C)c4nc(N5C6CCC5CC(NC(=O)O)C6)cnc34)ccc2c1=O. The molecule has 2 fully saturated rings. The molecule has 222 valence electrons. The zero-order valence-corrected chi connectivity index (χ0v) is 26.2. The standard InChI is InChI=1S/C30H37ClN6O4Si/c1-35-10-9-22-23(29(35)38)8-7-21(26(22)31)24-16-36(17-41-11-12-42(2,3)4)28-27(24)32-15-25(34-28)37-19-5-6-20(37)14-18(13-19)33-30(39)40/h7-10,15-16,18-20,33H,5-6,11-14,17H2,1-4H3,(H,39,40). The van der Waals surface area contributed by atoms with E-state index >= 15 is 0 Å². The Bertz CT molecular complexity index is 1720. The summed E-state index contributed by atoms with van der Waals surface area (Å²) < 4.78 is 9.69. The number of aryl methyl sites for hydroxylation is 1. The zero-order chi connectivity index (χ0) is 29.8. The molecule has 3 aromatic heterocycles. The van der Waals surface area contributed by atoms with E-state index in [0.717, 1.165) is 48.7 Å². The molecule has 2 atom stereocenters. The number of carbonyl (C=O) groups is 1. The minimum Gasteiger partial charge on any atom is -0.465 e. The van der Waals surface area contributed by atoms with Gasteiger partial charge in [-0.05, 0) is 43.9 Å². The van der Waals surface area contributed by atoms with E-state index in [2.05, 4.69) is 29.9 Å². The number of nitrogens with zero attached hydrogens (tertiary/aromatic N) is 5. The van der Waals surface area contributed by atoms with Crippen molar-refractivity contribution >= 4 is 53.5 Å². The smallest absolute Gasteiger partial charge is 0.404 e. The third kappa shape index (κ3) is 5.41. The molecular formula is C30H37ClN6O4Si. The first-order chi connectivity index (χ1) is 20.0. The van der Waals surface area contributed by atoms with Crippen molar-refractivity contribution in [1.29, 1.82) is 0 Å². The van der Waals surface area contributed by atoms with Crippen LogP contribution in [0.5, 0.6) is 0 Å². The van der Waals surface area contributed by atoms with E-state index in [4.69, 9.17) is 26.3 Å². The number of pyridine rings is 1. The average molecular weight is 609 g/mol. The molecule has 10 nitrogen and oxygen atoms in total. The van der Waals surface area contributed by atoms with Crippen LogP contribution in [0, 0.1) is 0 Å². The molecule has 5 heterocycles. The van der Waals surface area contributed by atoms with Gasteiger partial charge in [0.25, 0.3) is 5.56 Å². The van der Waals surface area contributed by atoms with Gasteiger partial charge in [-0.3, -0.25) is 4.79 Å². The molecule has 2 saturated heterocycles. The van der Waals surface area contributed by atoms with E-state index in [9.17, 15) is 14.7 Å². The molecule has 0 spiro atoms. The molecule has 4 aromatic rings. The van der Waals surface area contributed by atoms with E-state index in [0.29, 0.717) is 40.3 Å². The molecule has 0 radical (unpaired) electrons. The number of piperidine rings is 1. The van der Waals surface area contributed by atoms with Gasteiger partial charge >= 0.3 is 6.09 Å².